The number of rotatable bonds is 5. The van der Waals surface area contributed by atoms with Crippen LogP contribution in [0.5, 0.6) is 0 Å². The lowest BCUT2D eigenvalue weighted by Gasteiger charge is -2.10. The SMILES string of the molecule is CCOC(=O)C(C)CS(=O)c1cccc(Cl)c1. The van der Waals surface area contributed by atoms with Gasteiger partial charge >= 0.3 is 5.97 Å². The first-order chi connectivity index (χ1) is 8.04. The van der Waals surface area contributed by atoms with Crippen molar-refractivity contribution in [2.24, 2.45) is 5.92 Å². The Bertz CT molecular complexity index is 420. The summed E-state index contributed by atoms with van der Waals surface area (Å²) in [6, 6.07) is 6.84. The number of ether oxygens (including phenoxy) is 1. The molecule has 0 aliphatic heterocycles. The molecule has 0 saturated heterocycles. The fourth-order valence-electron chi connectivity index (χ4n) is 1.28. The fraction of sp³-hybridized carbons (Fsp3) is 0.417. The van der Waals surface area contributed by atoms with Crippen molar-refractivity contribution in [2.45, 2.75) is 18.7 Å². The van der Waals surface area contributed by atoms with E-state index in [2.05, 4.69) is 0 Å². The van der Waals surface area contributed by atoms with Gasteiger partial charge in [0.25, 0.3) is 0 Å². The predicted molar refractivity (Wildman–Crippen MR) is 68.5 cm³/mol. The summed E-state index contributed by atoms with van der Waals surface area (Å²) in [5.74, 6) is -0.447. The van der Waals surface area contributed by atoms with Crippen LogP contribution in [0, 0.1) is 5.92 Å². The van der Waals surface area contributed by atoms with Gasteiger partial charge in [0.1, 0.15) is 0 Å². The smallest absolute Gasteiger partial charge is 0.309 e. The van der Waals surface area contributed by atoms with Gasteiger partial charge in [0, 0.05) is 15.7 Å². The zero-order chi connectivity index (χ0) is 12.8. The van der Waals surface area contributed by atoms with Gasteiger partial charge in [-0.2, -0.15) is 0 Å². The zero-order valence-electron chi connectivity index (χ0n) is 9.81. The Morgan fingerprint density at radius 3 is 2.82 bits per heavy atom. The van der Waals surface area contributed by atoms with Crippen LogP contribution in [-0.2, 0) is 20.3 Å². The number of halogens is 1. The van der Waals surface area contributed by atoms with Gasteiger partial charge in [0.2, 0.25) is 0 Å². The molecule has 0 spiro atoms. The molecule has 1 aromatic carbocycles. The molecule has 2 unspecified atom stereocenters. The maximum atomic E-state index is 12.0. The summed E-state index contributed by atoms with van der Waals surface area (Å²) in [6.07, 6.45) is 0. The van der Waals surface area contributed by atoms with E-state index in [1.54, 1.807) is 38.1 Å². The number of benzene rings is 1. The van der Waals surface area contributed by atoms with Crippen molar-refractivity contribution in [3.05, 3.63) is 29.3 Å². The molecule has 0 aliphatic carbocycles. The zero-order valence-corrected chi connectivity index (χ0v) is 11.4. The summed E-state index contributed by atoms with van der Waals surface area (Å²) < 4.78 is 16.8. The molecule has 0 amide bonds. The van der Waals surface area contributed by atoms with Crippen molar-refractivity contribution < 1.29 is 13.7 Å². The van der Waals surface area contributed by atoms with Crippen LogP contribution in [0.1, 0.15) is 13.8 Å². The number of carbonyl (C=O) groups is 1. The molecule has 0 radical (unpaired) electrons. The average molecular weight is 275 g/mol. The lowest BCUT2D eigenvalue weighted by Crippen LogP contribution is -2.20. The molecule has 94 valence electrons. The van der Waals surface area contributed by atoms with Crippen molar-refractivity contribution in [1.29, 1.82) is 0 Å². The number of hydrogen-bond acceptors (Lipinski definition) is 3. The second kappa shape index (κ2) is 6.77. The summed E-state index contributed by atoms with van der Waals surface area (Å²) in [5, 5.41) is 0.541. The summed E-state index contributed by atoms with van der Waals surface area (Å²) in [6.45, 7) is 3.80. The lowest BCUT2D eigenvalue weighted by molar-refractivity contribution is -0.146. The lowest BCUT2D eigenvalue weighted by atomic mass is 10.2. The molecule has 0 heterocycles. The van der Waals surface area contributed by atoms with Gasteiger partial charge in [-0.25, -0.2) is 0 Å². The minimum Gasteiger partial charge on any atom is -0.466 e. The van der Waals surface area contributed by atoms with Crippen LogP contribution < -0.4 is 0 Å². The molecule has 2 atom stereocenters. The molecule has 0 N–H and O–H groups in total. The summed E-state index contributed by atoms with van der Waals surface area (Å²) in [5.41, 5.74) is 0. The molecule has 1 rings (SSSR count). The van der Waals surface area contributed by atoms with Gasteiger partial charge in [-0.05, 0) is 25.1 Å². The first-order valence-corrected chi connectivity index (χ1v) is 7.05. The molecule has 0 aromatic heterocycles. The fourth-order valence-corrected chi connectivity index (χ4v) is 2.81. The Morgan fingerprint density at radius 1 is 1.53 bits per heavy atom. The number of esters is 1. The minimum absolute atomic E-state index is 0.249. The number of hydrogen-bond donors (Lipinski definition) is 0. The Hall–Kier alpha value is -0.870. The normalized spacial score (nSPS) is 14.1. The Balaban J connectivity index is 2.63. The highest BCUT2D eigenvalue weighted by atomic mass is 35.5. The van der Waals surface area contributed by atoms with Crippen LogP contribution in [0.4, 0.5) is 0 Å². The second-order valence-corrected chi connectivity index (χ2v) is 5.55. The molecule has 17 heavy (non-hydrogen) atoms. The Morgan fingerprint density at radius 2 is 2.24 bits per heavy atom. The van der Waals surface area contributed by atoms with E-state index in [-0.39, 0.29) is 17.6 Å². The quantitative estimate of drug-likeness (QED) is 0.776. The highest BCUT2D eigenvalue weighted by Gasteiger charge is 2.18. The van der Waals surface area contributed by atoms with Crippen molar-refractivity contribution in [1.82, 2.24) is 0 Å². The highest BCUT2D eigenvalue weighted by Crippen LogP contribution is 2.16. The van der Waals surface area contributed by atoms with Crippen LogP contribution in [-0.4, -0.2) is 22.5 Å². The molecule has 0 fully saturated rings. The second-order valence-electron chi connectivity index (χ2n) is 3.62. The van der Waals surface area contributed by atoms with Crippen LogP contribution in [0.15, 0.2) is 29.2 Å². The third-order valence-corrected chi connectivity index (χ3v) is 3.97. The maximum Gasteiger partial charge on any atom is 0.309 e. The van der Waals surface area contributed by atoms with E-state index in [9.17, 15) is 9.00 Å². The van der Waals surface area contributed by atoms with Crippen molar-refractivity contribution in [2.75, 3.05) is 12.4 Å². The maximum absolute atomic E-state index is 12.0. The van der Waals surface area contributed by atoms with Gasteiger partial charge in [-0.1, -0.05) is 24.6 Å². The monoisotopic (exact) mass is 274 g/mol. The number of carbonyl (C=O) groups excluding carboxylic acids is 1. The van der Waals surface area contributed by atoms with Crippen LogP contribution in [0.3, 0.4) is 0 Å². The Labute approximate surface area is 109 Å². The average Bonchev–Trinajstić information content (AvgIpc) is 2.29. The highest BCUT2D eigenvalue weighted by molar-refractivity contribution is 7.85. The van der Waals surface area contributed by atoms with Crippen molar-refractivity contribution in [3.8, 4) is 0 Å². The van der Waals surface area contributed by atoms with Crippen molar-refractivity contribution >= 4 is 28.4 Å². The van der Waals surface area contributed by atoms with Crippen LogP contribution in [0.25, 0.3) is 0 Å². The summed E-state index contributed by atoms with van der Waals surface area (Å²) >= 11 is 5.81. The molecule has 0 bridgehead atoms. The van der Waals surface area contributed by atoms with Gasteiger partial charge in [0.15, 0.2) is 0 Å². The van der Waals surface area contributed by atoms with E-state index in [0.717, 1.165) is 0 Å². The standard InChI is InChI=1S/C12H15ClO3S/c1-3-16-12(14)9(2)8-17(15)11-6-4-5-10(13)7-11/h4-7,9H,3,8H2,1-2H3. The first-order valence-electron chi connectivity index (χ1n) is 5.35. The third kappa shape index (κ3) is 4.48. The molecule has 3 nitrogen and oxygen atoms in total. The minimum atomic E-state index is -1.23. The van der Waals surface area contributed by atoms with Crippen LogP contribution in [0.2, 0.25) is 5.02 Å². The molecular weight excluding hydrogens is 260 g/mol. The van der Waals surface area contributed by atoms with Crippen molar-refractivity contribution in [3.63, 3.8) is 0 Å². The van der Waals surface area contributed by atoms with E-state index >= 15 is 0 Å². The van der Waals surface area contributed by atoms with Crippen LogP contribution >= 0.6 is 11.6 Å². The van der Waals surface area contributed by atoms with E-state index in [0.29, 0.717) is 16.5 Å². The predicted octanol–water partition coefficient (Wildman–Crippen LogP) is 2.65. The third-order valence-electron chi connectivity index (χ3n) is 2.15. The van der Waals surface area contributed by atoms with E-state index in [1.165, 1.54) is 0 Å². The first kappa shape index (κ1) is 14.2. The molecular formula is C12H15ClO3S. The van der Waals surface area contributed by atoms with E-state index in [4.69, 9.17) is 16.3 Å². The summed E-state index contributed by atoms with van der Waals surface area (Å²) in [4.78, 5) is 12.0. The van der Waals surface area contributed by atoms with Gasteiger partial charge in [0.05, 0.1) is 23.3 Å². The summed E-state index contributed by atoms with van der Waals surface area (Å²) in [7, 11) is -1.23. The van der Waals surface area contributed by atoms with Gasteiger partial charge < -0.3 is 4.74 Å². The molecule has 5 heteroatoms. The molecule has 0 aliphatic rings. The molecule has 0 saturated carbocycles. The van der Waals surface area contributed by atoms with E-state index < -0.39 is 10.8 Å². The van der Waals surface area contributed by atoms with E-state index in [1.807, 2.05) is 0 Å². The van der Waals surface area contributed by atoms with Gasteiger partial charge in [-0.3, -0.25) is 9.00 Å². The molecule has 1 aromatic rings. The van der Waals surface area contributed by atoms with Gasteiger partial charge in [-0.15, -0.1) is 0 Å². The Kier molecular flexibility index (Phi) is 5.65. The largest absolute Gasteiger partial charge is 0.466 e. The topological polar surface area (TPSA) is 43.4 Å².